The minimum absolute atomic E-state index is 0.0572. The van der Waals surface area contributed by atoms with E-state index in [0.29, 0.717) is 0 Å². The number of aromatic nitrogens is 2. The van der Waals surface area contributed by atoms with Gasteiger partial charge in [0.2, 0.25) is 0 Å². The van der Waals surface area contributed by atoms with Gasteiger partial charge in [-0.25, -0.2) is 22.5 Å². The van der Waals surface area contributed by atoms with E-state index in [9.17, 15) is 28.5 Å². The Morgan fingerprint density at radius 3 is 1.65 bits per heavy atom. The zero-order valence-corrected chi connectivity index (χ0v) is 36.8. The second-order valence-electron chi connectivity index (χ2n) is 13.7. The molecular formula is C34H69N8O10P3. The van der Waals surface area contributed by atoms with Crippen LogP contribution in [0.5, 0.6) is 0 Å². The number of rotatable bonds is 23. The summed E-state index contributed by atoms with van der Waals surface area (Å²) in [5, 5.41) is 3.56. The van der Waals surface area contributed by atoms with Gasteiger partial charge in [0.05, 0.1) is 18.8 Å². The van der Waals surface area contributed by atoms with Gasteiger partial charge in [-0.15, -0.1) is 4.86 Å². The maximum Gasteiger partial charge on any atom is 0.419 e. The first-order valence-electron chi connectivity index (χ1n) is 19.9. The maximum absolute atomic E-state index is 12.0. The molecule has 1 aromatic rings. The molecule has 2 saturated heterocycles. The zero-order valence-electron chi connectivity index (χ0n) is 34.1. The minimum atomic E-state index is -4.62. The van der Waals surface area contributed by atoms with Crippen molar-refractivity contribution in [1.29, 1.82) is 0 Å². The third-order valence-electron chi connectivity index (χ3n) is 8.78. The topological polar surface area (TPSA) is 234 Å². The first-order chi connectivity index (χ1) is 26.2. The molecule has 0 amide bonds. The lowest BCUT2D eigenvalue weighted by molar-refractivity contribution is -0.0239. The van der Waals surface area contributed by atoms with Crippen LogP contribution >= 0.6 is 24.1 Å². The fourth-order valence-electron chi connectivity index (χ4n) is 5.56. The molecule has 0 aliphatic carbocycles. The second-order valence-corrected chi connectivity index (χ2v) is 18.6. The van der Waals surface area contributed by atoms with Crippen LogP contribution in [0.15, 0.2) is 20.9 Å². The average Bonchev–Trinajstić information content (AvgIpc) is 3.53. The lowest BCUT2D eigenvalue weighted by atomic mass is 10.1. The summed E-state index contributed by atoms with van der Waals surface area (Å²) in [5.41, 5.74) is 7.71. The third kappa shape index (κ3) is 21.7. The molecule has 0 saturated carbocycles. The number of ether oxygens (including phenoxy) is 1. The Morgan fingerprint density at radius 2 is 1.27 bits per heavy atom. The molecule has 1 aromatic heterocycles. The largest absolute Gasteiger partial charge is 0.419 e. The smallest absolute Gasteiger partial charge is 0.352 e. The Hall–Kier alpha value is -1.48. The number of hydrogen-bond acceptors (Lipinski definition) is 11. The van der Waals surface area contributed by atoms with Gasteiger partial charge in [0.15, 0.2) is 0 Å². The fourth-order valence-corrected chi connectivity index (χ4v) is 10.3. The van der Waals surface area contributed by atoms with Crippen LogP contribution in [-0.2, 0) is 27.0 Å². The Morgan fingerprint density at radius 1 is 0.855 bits per heavy atom. The molecule has 2 aliphatic rings. The highest BCUT2D eigenvalue weighted by Crippen LogP contribution is 2.71. The summed E-state index contributed by atoms with van der Waals surface area (Å²) < 4.78 is 44.1. The third-order valence-corrected chi connectivity index (χ3v) is 14.0. The second kappa shape index (κ2) is 28.8. The highest BCUT2D eigenvalue weighted by molar-refractivity contribution is 7.76. The standard InChI is InChI=1S/2C12H27N.C10H15N6O10P3/c2*1-4-7-10-13(11-8-5-2)12-9-6-3;1-5-3-16(10(18)12-9(5)17)8-2-6(13-14-11)7(24-8)4-23-27-25-28(19,20)15-29(21,22)26-27/h2*4-12H2,1-3H3;3,6-8H,2,4H2,1H3,(H,12,17,18)(H3,15,19,20,21,22)/t;;6-,7+,8+/m..0/s1. The molecule has 4 N–H and O–H groups in total. The summed E-state index contributed by atoms with van der Waals surface area (Å²) in [6.07, 6.45) is 15.7. The molecule has 2 aliphatic heterocycles. The number of unbranched alkanes of at least 4 members (excludes halogenated alkanes) is 6. The Labute approximate surface area is 328 Å². The van der Waals surface area contributed by atoms with Crippen molar-refractivity contribution in [1.82, 2.24) is 24.2 Å². The van der Waals surface area contributed by atoms with Crippen LogP contribution in [-0.4, -0.2) is 87.2 Å². The van der Waals surface area contributed by atoms with E-state index in [1.807, 2.05) is 0 Å². The number of H-pyrrole nitrogens is 1. The van der Waals surface area contributed by atoms with E-state index in [0.717, 1.165) is 4.57 Å². The van der Waals surface area contributed by atoms with Gasteiger partial charge >= 0.3 is 29.8 Å². The quantitative estimate of drug-likeness (QED) is 0.0352. The summed E-state index contributed by atoms with van der Waals surface area (Å²) in [6, 6.07) is -0.816. The van der Waals surface area contributed by atoms with E-state index in [2.05, 4.69) is 75.0 Å². The van der Waals surface area contributed by atoms with Gasteiger partial charge in [-0.1, -0.05) is 85.2 Å². The summed E-state index contributed by atoms with van der Waals surface area (Å²) in [6.45, 7) is 22.6. The molecule has 55 heavy (non-hydrogen) atoms. The van der Waals surface area contributed by atoms with Crippen LogP contribution in [0.4, 0.5) is 0 Å². The monoisotopic (exact) mass is 842 g/mol. The predicted octanol–water partition coefficient (Wildman–Crippen LogP) is 8.27. The fraction of sp³-hybridized carbons (Fsp3) is 0.882. The van der Waals surface area contributed by atoms with E-state index in [-0.39, 0.29) is 12.0 Å². The average molecular weight is 843 g/mol. The number of aromatic amines is 1. The van der Waals surface area contributed by atoms with Gasteiger partial charge in [0.1, 0.15) is 6.23 Å². The van der Waals surface area contributed by atoms with Crippen LogP contribution in [0.25, 0.3) is 10.4 Å². The summed E-state index contributed by atoms with van der Waals surface area (Å²) >= 11 is 0. The highest BCUT2D eigenvalue weighted by Gasteiger charge is 2.46. The van der Waals surface area contributed by atoms with Crippen molar-refractivity contribution in [2.45, 2.75) is 150 Å². The number of nitrogens with zero attached hydrogens (tertiary/aromatic N) is 6. The summed E-state index contributed by atoms with van der Waals surface area (Å²) in [4.78, 5) is 53.8. The molecule has 0 bridgehead atoms. The molecule has 3 heterocycles. The first kappa shape index (κ1) is 51.5. The molecule has 5 atom stereocenters. The number of azide groups is 1. The van der Waals surface area contributed by atoms with Gasteiger partial charge in [0.25, 0.3) is 5.56 Å². The van der Waals surface area contributed by atoms with Crippen molar-refractivity contribution >= 4 is 24.1 Å². The Kier molecular flexibility index (Phi) is 27.0. The number of aryl methyl sites for hydroxylation is 1. The highest BCUT2D eigenvalue weighted by atomic mass is 31.3. The molecular weight excluding hydrogens is 773 g/mol. The summed E-state index contributed by atoms with van der Waals surface area (Å²) in [7, 11) is -11.9. The van der Waals surface area contributed by atoms with Crippen molar-refractivity contribution in [3.05, 3.63) is 43.0 Å². The maximum atomic E-state index is 12.0. The van der Waals surface area contributed by atoms with Crippen LogP contribution in [0, 0.1) is 6.92 Å². The number of nitrogens with one attached hydrogen (secondary N) is 2. The van der Waals surface area contributed by atoms with Gasteiger partial charge in [-0.2, -0.15) is 0 Å². The van der Waals surface area contributed by atoms with Gasteiger partial charge in [-0.3, -0.25) is 14.3 Å². The van der Waals surface area contributed by atoms with Crippen molar-refractivity contribution in [2.24, 2.45) is 5.11 Å². The lowest BCUT2D eigenvalue weighted by Gasteiger charge is -2.28. The minimum Gasteiger partial charge on any atom is -0.352 e. The normalized spacial score (nSPS) is 24.9. The van der Waals surface area contributed by atoms with E-state index in [4.69, 9.17) is 14.8 Å². The van der Waals surface area contributed by atoms with E-state index < -0.39 is 60.3 Å². The number of hydrogen-bond donors (Lipinski definition) is 4. The first-order valence-corrected chi connectivity index (χ1v) is 24.2. The predicted molar refractivity (Wildman–Crippen MR) is 218 cm³/mol. The molecule has 3 rings (SSSR count). The van der Waals surface area contributed by atoms with Crippen molar-refractivity contribution < 1.29 is 36.8 Å². The molecule has 2 fully saturated rings. The molecule has 0 spiro atoms. The van der Waals surface area contributed by atoms with E-state index in [1.54, 1.807) is 0 Å². The Bertz CT molecular complexity index is 1380. The molecule has 18 nitrogen and oxygen atoms in total. The summed E-state index contributed by atoms with van der Waals surface area (Å²) in [5.74, 6) is 0. The van der Waals surface area contributed by atoms with Crippen LogP contribution in [0.2, 0.25) is 0 Å². The zero-order chi connectivity index (χ0) is 41.3. The van der Waals surface area contributed by atoms with Crippen LogP contribution in [0.1, 0.15) is 137 Å². The molecule has 0 aromatic carbocycles. The molecule has 320 valence electrons. The van der Waals surface area contributed by atoms with Crippen molar-refractivity contribution in [3.63, 3.8) is 0 Å². The van der Waals surface area contributed by atoms with Gasteiger partial charge in [0, 0.05) is 23.1 Å². The molecule has 21 heteroatoms. The van der Waals surface area contributed by atoms with E-state index in [1.165, 1.54) is 134 Å². The Balaban J connectivity index is 0.000000485. The van der Waals surface area contributed by atoms with E-state index >= 15 is 0 Å². The molecule has 2 unspecified atom stereocenters. The SMILES string of the molecule is CCCCN(CCCC)CCCC.CCCCN(CCCC)CCCC.Cc1cn([C@H]2C[C@H](N=[N+]=[N-])[C@@H](COP3OP(=O)(O)NP(=O)(O)O3)O2)c(=O)[nH]c1=O. The van der Waals surface area contributed by atoms with Gasteiger partial charge in [-0.05, 0) is 90.2 Å². The molecule has 0 radical (unpaired) electrons. The lowest BCUT2D eigenvalue weighted by Crippen LogP contribution is -2.33. The van der Waals surface area contributed by atoms with Crippen molar-refractivity contribution in [2.75, 3.05) is 45.9 Å². The van der Waals surface area contributed by atoms with Crippen molar-refractivity contribution in [3.8, 4) is 0 Å². The van der Waals surface area contributed by atoms with Crippen LogP contribution in [0.3, 0.4) is 0 Å². The van der Waals surface area contributed by atoms with Gasteiger partial charge < -0.3 is 28.8 Å². The van der Waals surface area contributed by atoms with Crippen LogP contribution < -0.4 is 16.1 Å².